The zero-order valence-corrected chi connectivity index (χ0v) is 8.55. The Balaban J connectivity index is 2.30. The molecular formula is C13H15O. The first-order chi connectivity index (χ1) is 6.83. The van der Waals surface area contributed by atoms with Gasteiger partial charge in [-0.15, -0.1) is 0 Å². The third-order valence-corrected chi connectivity index (χ3v) is 2.49. The van der Waals surface area contributed by atoms with Crippen LogP contribution in [0.4, 0.5) is 0 Å². The molecule has 0 N–H and O–H groups in total. The number of rotatable bonds is 4. The lowest BCUT2D eigenvalue weighted by atomic mass is 10.1. The molecule has 0 atom stereocenters. The van der Waals surface area contributed by atoms with E-state index >= 15 is 0 Å². The summed E-state index contributed by atoms with van der Waals surface area (Å²) >= 11 is 0. The predicted molar refractivity (Wildman–Crippen MR) is 57.6 cm³/mol. The van der Waals surface area contributed by atoms with Crippen molar-refractivity contribution >= 4 is 0 Å². The number of benzene rings is 1. The Hall–Kier alpha value is -1.24. The van der Waals surface area contributed by atoms with Crippen LogP contribution in [0.3, 0.4) is 0 Å². The van der Waals surface area contributed by atoms with Crippen molar-refractivity contribution in [2.24, 2.45) is 0 Å². The van der Waals surface area contributed by atoms with Gasteiger partial charge in [-0.3, -0.25) is 0 Å². The molecule has 1 heteroatoms. The highest BCUT2D eigenvalue weighted by atomic mass is 16.5. The van der Waals surface area contributed by atoms with Gasteiger partial charge in [-0.05, 0) is 55.0 Å². The van der Waals surface area contributed by atoms with Gasteiger partial charge in [0.2, 0.25) is 0 Å². The standard InChI is InChI=1S/C13H15O/c1-3-10-7-12(11-5-6-11)9-13(8-10)14-4-2/h7-9,11H,1,4-6H2,2H3. The van der Waals surface area contributed by atoms with Gasteiger partial charge < -0.3 is 4.74 Å². The average molecular weight is 187 g/mol. The van der Waals surface area contributed by atoms with Gasteiger partial charge in [0.05, 0.1) is 6.61 Å². The topological polar surface area (TPSA) is 9.23 Å². The molecule has 0 bridgehead atoms. The van der Waals surface area contributed by atoms with Crippen LogP contribution < -0.4 is 4.74 Å². The minimum Gasteiger partial charge on any atom is -0.494 e. The number of ether oxygens (including phenoxy) is 1. The van der Waals surface area contributed by atoms with Gasteiger partial charge in [-0.1, -0.05) is 12.6 Å². The highest BCUT2D eigenvalue weighted by Crippen LogP contribution is 2.41. The van der Waals surface area contributed by atoms with Gasteiger partial charge in [-0.2, -0.15) is 0 Å². The summed E-state index contributed by atoms with van der Waals surface area (Å²) in [4.78, 5) is 0. The van der Waals surface area contributed by atoms with Crippen LogP contribution in [0, 0.1) is 6.08 Å². The molecule has 1 nitrogen and oxygen atoms in total. The van der Waals surface area contributed by atoms with E-state index in [-0.39, 0.29) is 0 Å². The SMILES string of the molecule is C=[C]c1cc(OCC)cc(C2CC2)c1. The molecular weight excluding hydrogens is 172 g/mol. The number of hydrogen-bond donors (Lipinski definition) is 0. The summed E-state index contributed by atoms with van der Waals surface area (Å²) in [5.41, 5.74) is 2.42. The molecule has 14 heavy (non-hydrogen) atoms. The average Bonchev–Trinajstić information content (AvgIpc) is 3.01. The van der Waals surface area contributed by atoms with E-state index in [1.54, 1.807) is 0 Å². The van der Waals surface area contributed by atoms with Crippen molar-refractivity contribution in [3.05, 3.63) is 42.0 Å². The Labute approximate surface area is 85.4 Å². The van der Waals surface area contributed by atoms with Gasteiger partial charge in [0.15, 0.2) is 0 Å². The largest absolute Gasteiger partial charge is 0.494 e. The summed E-state index contributed by atoms with van der Waals surface area (Å²) in [6, 6.07) is 6.29. The van der Waals surface area contributed by atoms with Gasteiger partial charge in [0.25, 0.3) is 0 Å². The van der Waals surface area contributed by atoms with Crippen LogP contribution in [0.25, 0.3) is 0 Å². The zero-order chi connectivity index (χ0) is 9.97. The van der Waals surface area contributed by atoms with Gasteiger partial charge in [0, 0.05) is 0 Å². The maximum Gasteiger partial charge on any atom is 0.120 e. The summed E-state index contributed by atoms with van der Waals surface area (Å²) in [5, 5.41) is 0. The lowest BCUT2D eigenvalue weighted by molar-refractivity contribution is 0.340. The van der Waals surface area contributed by atoms with Crippen molar-refractivity contribution in [2.75, 3.05) is 6.61 Å². The Morgan fingerprint density at radius 1 is 1.43 bits per heavy atom. The molecule has 2 rings (SSSR count). The molecule has 0 saturated heterocycles. The van der Waals surface area contributed by atoms with Crippen molar-refractivity contribution in [3.8, 4) is 5.75 Å². The first-order valence-electron chi connectivity index (χ1n) is 5.14. The molecule has 1 aliphatic rings. The lowest BCUT2D eigenvalue weighted by Gasteiger charge is -2.07. The number of hydrogen-bond acceptors (Lipinski definition) is 1. The van der Waals surface area contributed by atoms with E-state index in [2.05, 4.69) is 24.8 Å². The molecule has 1 fully saturated rings. The van der Waals surface area contributed by atoms with Gasteiger partial charge in [-0.25, -0.2) is 0 Å². The Morgan fingerprint density at radius 2 is 2.21 bits per heavy atom. The smallest absolute Gasteiger partial charge is 0.120 e. The van der Waals surface area contributed by atoms with E-state index in [0.29, 0.717) is 6.61 Å². The Bertz CT molecular complexity index is 337. The van der Waals surface area contributed by atoms with Crippen molar-refractivity contribution in [3.63, 3.8) is 0 Å². The molecule has 1 aliphatic carbocycles. The third kappa shape index (κ3) is 1.98. The van der Waals surface area contributed by atoms with Crippen molar-refractivity contribution < 1.29 is 4.74 Å². The van der Waals surface area contributed by atoms with E-state index in [0.717, 1.165) is 17.2 Å². The summed E-state index contributed by atoms with van der Waals surface area (Å²) in [6.45, 7) is 6.39. The summed E-state index contributed by atoms with van der Waals surface area (Å²) in [5.74, 6) is 1.70. The second-order valence-corrected chi connectivity index (χ2v) is 3.67. The van der Waals surface area contributed by atoms with Gasteiger partial charge >= 0.3 is 0 Å². The van der Waals surface area contributed by atoms with Crippen LogP contribution in [-0.2, 0) is 0 Å². The quantitative estimate of drug-likeness (QED) is 0.702. The van der Waals surface area contributed by atoms with E-state index < -0.39 is 0 Å². The second-order valence-electron chi connectivity index (χ2n) is 3.67. The maximum absolute atomic E-state index is 5.50. The fourth-order valence-corrected chi connectivity index (χ4v) is 1.63. The van der Waals surface area contributed by atoms with Crippen LogP contribution in [-0.4, -0.2) is 6.61 Å². The molecule has 0 spiro atoms. The molecule has 1 aromatic carbocycles. The molecule has 1 aromatic rings. The maximum atomic E-state index is 5.50. The molecule has 73 valence electrons. The minimum atomic E-state index is 0.713. The lowest BCUT2D eigenvalue weighted by Crippen LogP contribution is -1.93. The van der Waals surface area contributed by atoms with Crippen molar-refractivity contribution in [1.82, 2.24) is 0 Å². The van der Waals surface area contributed by atoms with Crippen LogP contribution in [0.15, 0.2) is 24.8 Å². The molecule has 0 unspecified atom stereocenters. The first-order valence-corrected chi connectivity index (χ1v) is 5.14. The van der Waals surface area contributed by atoms with E-state index in [4.69, 9.17) is 4.74 Å². The van der Waals surface area contributed by atoms with Crippen LogP contribution in [0.2, 0.25) is 0 Å². The Kier molecular flexibility index (Phi) is 2.58. The van der Waals surface area contributed by atoms with E-state index in [9.17, 15) is 0 Å². The van der Waals surface area contributed by atoms with E-state index in [1.807, 2.05) is 13.0 Å². The normalized spacial score (nSPS) is 15.2. The highest BCUT2D eigenvalue weighted by Gasteiger charge is 2.24. The third-order valence-electron chi connectivity index (χ3n) is 2.49. The first kappa shape index (κ1) is 9.32. The minimum absolute atomic E-state index is 0.713. The second kappa shape index (κ2) is 3.87. The summed E-state index contributed by atoms with van der Waals surface area (Å²) in [7, 11) is 0. The molecule has 0 amide bonds. The fourth-order valence-electron chi connectivity index (χ4n) is 1.63. The molecule has 1 radical (unpaired) electrons. The van der Waals surface area contributed by atoms with Crippen LogP contribution >= 0.6 is 0 Å². The van der Waals surface area contributed by atoms with Crippen molar-refractivity contribution in [2.45, 2.75) is 25.7 Å². The molecule has 0 heterocycles. The molecule has 0 aromatic heterocycles. The molecule has 0 aliphatic heterocycles. The monoisotopic (exact) mass is 187 g/mol. The van der Waals surface area contributed by atoms with E-state index in [1.165, 1.54) is 18.4 Å². The van der Waals surface area contributed by atoms with Crippen LogP contribution in [0.1, 0.15) is 36.8 Å². The summed E-state index contributed by atoms with van der Waals surface area (Å²) < 4.78 is 5.50. The summed E-state index contributed by atoms with van der Waals surface area (Å²) in [6.07, 6.45) is 5.54. The highest BCUT2D eigenvalue weighted by molar-refractivity contribution is 5.40. The van der Waals surface area contributed by atoms with Gasteiger partial charge in [0.1, 0.15) is 5.75 Å². The van der Waals surface area contributed by atoms with Crippen LogP contribution in [0.5, 0.6) is 5.75 Å². The predicted octanol–water partition coefficient (Wildman–Crippen LogP) is 3.30. The molecule has 1 saturated carbocycles. The van der Waals surface area contributed by atoms with Crippen molar-refractivity contribution in [1.29, 1.82) is 0 Å². The Morgan fingerprint density at radius 3 is 2.79 bits per heavy atom. The zero-order valence-electron chi connectivity index (χ0n) is 8.55. The fraction of sp³-hybridized carbons (Fsp3) is 0.385.